The molecule has 6 nitrogen and oxygen atoms in total. The Morgan fingerprint density at radius 2 is 0.758 bits per heavy atom. The molecule has 0 saturated carbocycles. The van der Waals surface area contributed by atoms with Gasteiger partial charge >= 0.3 is 5.97 Å². The third kappa shape index (κ3) is 48.1. The van der Waals surface area contributed by atoms with Gasteiger partial charge in [0, 0.05) is 12.8 Å². The molecular formula is C56H109NO5. The van der Waals surface area contributed by atoms with Crippen molar-refractivity contribution in [1.29, 1.82) is 0 Å². The number of hydrogen-bond donors (Lipinski definition) is 3. The van der Waals surface area contributed by atoms with Gasteiger partial charge in [-0.1, -0.05) is 257 Å². The maximum atomic E-state index is 12.5. The maximum absolute atomic E-state index is 12.5. The third-order valence-electron chi connectivity index (χ3n) is 13.1. The highest BCUT2D eigenvalue weighted by atomic mass is 16.5. The van der Waals surface area contributed by atoms with Gasteiger partial charge in [0.2, 0.25) is 5.91 Å². The van der Waals surface area contributed by atoms with Crippen molar-refractivity contribution in [1.82, 2.24) is 5.32 Å². The quantitative estimate of drug-likeness (QED) is 0.0321. The van der Waals surface area contributed by atoms with E-state index in [1.807, 2.05) is 0 Å². The summed E-state index contributed by atoms with van der Waals surface area (Å²) in [7, 11) is 0. The number of hydrogen-bond acceptors (Lipinski definition) is 5. The van der Waals surface area contributed by atoms with Crippen LogP contribution in [-0.2, 0) is 14.3 Å². The van der Waals surface area contributed by atoms with E-state index < -0.39 is 12.1 Å². The lowest BCUT2D eigenvalue weighted by Crippen LogP contribution is -2.45. The summed E-state index contributed by atoms with van der Waals surface area (Å²) in [6.45, 7) is 4.89. The SMILES string of the molecule is CCCCCCCCCCCCCCCCCCCCC(O)C(CO)NC(=O)CCCCCC/C=C\CCCCOC(=O)CCCCCCCCCCCCCCCCCCC. The van der Waals surface area contributed by atoms with E-state index in [2.05, 4.69) is 31.3 Å². The normalized spacial score (nSPS) is 12.6. The first kappa shape index (κ1) is 60.6. The zero-order chi connectivity index (χ0) is 45.1. The lowest BCUT2D eigenvalue weighted by atomic mass is 10.0. The van der Waals surface area contributed by atoms with Gasteiger partial charge in [-0.05, 0) is 51.4 Å². The van der Waals surface area contributed by atoms with Crippen LogP contribution in [-0.4, -0.2) is 47.4 Å². The number of carbonyl (C=O) groups excluding carboxylic acids is 2. The summed E-state index contributed by atoms with van der Waals surface area (Å²) in [5.41, 5.74) is 0. The lowest BCUT2D eigenvalue weighted by Gasteiger charge is -2.22. The molecule has 2 atom stereocenters. The molecule has 0 fully saturated rings. The summed E-state index contributed by atoms with van der Waals surface area (Å²) in [6, 6.07) is -0.566. The highest BCUT2D eigenvalue weighted by Crippen LogP contribution is 2.17. The molecule has 0 aliphatic carbocycles. The van der Waals surface area contributed by atoms with Crippen molar-refractivity contribution in [2.45, 2.75) is 321 Å². The van der Waals surface area contributed by atoms with Gasteiger partial charge in [0.15, 0.2) is 0 Å². The lowest BCUT2D eigenvalue weighted by molar-refractivity contribution is -0.143. The van der Waals surface area contributed by atoms with E-state index >= 15 is 0 Å². The van der Waals surface area contributed by atoms with Gasteiger partial charge in [-0.3, -0.25) is 9.59 Å². The van der Waals surface area contributed by atoms with Crippen LogP contribution >= 0.6 is 0 Å². The molecule has 3 N–H and O–H groups in total. The van der Waals surface area contributed by atoms with E-state index in [1.54, 1.807) is 0 Å². The van der Waals surface area contributed by atoms with Gasteiger partial charge in [0.25, 0.3) is 0 Å². The fraction of sp³-hybridized carbons (Fsp3) is 0.929. The Balaban J connectivity index is 3.49. The number of aliphatic hydroxyl groups excluding tert-OH is 2. The first-order valence-corrected chi connectivity index (χ1v) is 27.9. The number of nitrogens with one attached hydrogen (secondary N) is 1. The van der Waals surface area contributed by atoms with E-state index in [-0.39, 0.29) is 18.5 Å². The maximum Gasteiger partial charge on any atom is 0.305 e. The smallest absolute Gasteiger partial charge is 0.305 e. The van der Waals surface area contributed by atoms with Crippen LogP contribution in [0, 0.1) is 0 Å². The summed E-state index contributed by atoms with van der Waals surface area (Å²) >= 11 is 0. The molecule has 0 radical (unpaired) electrons. The molecule has 2 unspecified atom stereocenters. The molecule has 0 saturated heterocycles. The van der Waals surface area contributed by atoms with E-state index in [0.717, 1.165) is 77.0 Å². The number of unbranched alkanes of at least 4 members (excludes halogenated alkanes) is 39. The monoisotopic (exact) mass is 876 g/mol. The van der Waals surface area contributed by atoms with Crippen LogP contribution in [0.1, 0.15) is 309 Å². The first-order valence-electron chi connectivity index (χ1n) is 27.9. The molecule has 368 valence electrons. The molecule has 0 aliphatic heterocycles. The van der Waals surface area contributed by atoms with Crippen molar-refractivity contribution in [3.63, 3.8) is 0 Å². The van der Waals surface area contributed by atoms with Gasteiger partial charge in [0.1, 0.15) is 0 Å². The molecule has 0 bridgehead atoms. The Morgan fingerprint density at radius 1 is 0.435 bits per heavy atom. The minimum absolute atomic E-state index is 0.0316. The highest BCUT2D eigenvalue weighted by molar-refractivity contribution is 5.76. The van der Waals surface area contributed by atoms with Crippen LogP contribution in [0.2, 0.25) is 0 Å². The number of allylic oxidation sites excluding steroid dienone is 2. The molecule has 0 aromatic carbocycles. The predicted octanol–water partition coefficient (Wildman–Crippen LogP) is 16.9. The van der Waals surface area contributed by atoms with Crippen LogP contribution in [0.3, 0.4) is 0 Å². The first-order chi connectivity index (χ1) is 30.5. The second kappa shape index (κ2) is 52.2. The van der Waals surface area contributed by atoms with Gasteiger partial charge in [-0.15, -0.1) is 0 Å². The number of amides is 1. The zero-order valence-corrected chi connectivity index (χ0v) is 41.9. The van der Waals surface area contributed by atoms with E-state index in [1.165, 1.54) is 199 Å². The minimum atomic E-state index is -0.685. The number of rotatable bonds is 52. The summed E-state index contributed by atoms with van der Waals surface area (Å²) in [5, 5.41) is 23.3. The van der Waals surface area contributed by atoms with Gasteiger partial charge < -0.3 is 20.3 Å². The van der Waals surface area contributed by atoms with Gasteiger partial charge in [-0.2, -0.15) is 0 Å². The number of ether oxygens (including phenoxy) is 1. The topological polar surface area (TPSA) is 95.9 Å². The second-order valence-electron chi connectivity index (χ2n) is 19.3. The fourth-order valence-electron chi connectivity index (χ4n) is 8.75. The molecule has 0 heterocycles. The highest BCUT2D eigenvalue weighted by Gasteiger charge is 2.20. The molecule has 6 heteroatoms. The number of esters is 1. The molecule has 0 aliphatic rings. The van der Waals surface area contributed by atoms with Crippen LogP contribution < -0.4 is 5.32 Å². The van der Waals surface area contributed by atoms with Crippen molar-refractivity contribution >= 4 is 11.9 Å². The molecule has 0 aromatic rings. The Morgan fingerprint density at radius 3 is 1.15 bits per heavy atom. The fourth-order valence-corrected chi connectivity index (χ4v) is 8.75. The van der Waals surface area contributed by atoms with Gasteiger partial charge in [0.05, 0.1) is 25.4 Å². The summed E-state index contributed by atoms with van der Waals surface area (Å²) < 4.78 is 5.45. The van der Waals surface area contributed by atoms with E-state index in [0.29, 0.717) is 25.9 Å². The van der Waals surface area contributed by atoms with Crippen molar-refractivity contribution in [2.24, 2.45) is 0 Å². The predicted molar refractivity (Wildman–Crippen MR) is 269 cm³/mol. The van der Waals surface area contributed by atoms with Crippen molar-refractivity contribution in [2.75, 3.05) is 13.2 Å². The summed E-state index contributed by atoms with van der Waals surface area (Å²) in [6.07, 6.45) is 60.5. The Labute approximate surface area is 387 Å². The van der Waals surface area contributed by atoms with Crippen LogP contribution in [0.5, 0.6) is 0 Å². The molecule has 1 amide bonds. The number of carbonyl (C=O) groups is 2. The minimum Gasteiger partial charge on any atom is -0.466 e. The van der Waals surface area contributed by atoms with E-state index in [9.17, 15) is 19.8 Å². The second-order valence-corrected chi connectivity index (χ2v) is 19.3. The van der Waals surface area contributed by atoms with Gasteiger partial charge in [-0.25, -0.2) is 0 Å². The molecular weight excluding hydrogens is 767 g/mol. The third-order valence-corrected chi connectivity index (χ3v) is 13.1. The Hall–Kier alpha value is -1.40. The van der Waals surface area contributed by atoms with Crippen molar-refractivity contribution < 1.29 is 24.5 Å². The molecule has 0 rings (SSSR count). The van der Waals surface area contributed by atoms with Crippen LogP contribution in [0.25, 0.3) is 0 Å². The Kier molecular flexibility index (Phi) is 51.0. The summed E-state index contributed by atoms with van der Waals surface area (Å²) in [5.74, 6) is -0.0993. The molecule has 0 aromatic heterocycles. The standard InChI is InChI=1S/C56H109NO5/c1-3-5-7-9-11-13-15-17-19-21-23-24-26-28-32-36-40-44-48-54(59)53(52-58)57-55(60)49-45-41-37-33-30-31-35-39-43-47-51-62-56(61)50-46-42-38-34-29-27-25-22-20-18-16-14-12-10-8-6-4-2/h31,35,53-54,58-59H,3-30,32-34,36-52H2,1-2H3,(H,57,60)/b35-31-. The molecule has 0 spiro atoms. The zero-order valence-electron chi connectivity index (χ0n) is 41.9. The largest absolute Gasteiger partial charge is 0.466 e. The molecule has 62 heavy (non-hydrogen) atoms. The average Bonchev–Trinajstić information content (AvgIpc) is 3.27. The van der Waals surface area contributed by atoms with Crippen molar-refractivity contribution in [3.05, 3.63) is 12.2 Å². The Bertz CT molecular complexity index is 924. The van der Waals surface area contributed by atoms with E-state index in [4.69, 9.17) is 4.74 Å². The van der Waals surface area contributed by atoms with Crippen molar-refractivity contribution in [3.8, 4) is 0 Å². The number of aliphatic hydroxyl groups is 2. The average molecular weight is 876 g/mol. The van der Waals surface area contributed by atoms with Crippen LogP contribution in [0.15, 0.2) is 12.2 Å². The van der Waals surface area contributed by atoms with Crippen LogP contribution in [0.4, 0.5) is 0 Å². The summed E-state index contributed by atoms with van der Waals surface area (Å²) in [4.78, 5) is 24.5.